The van der Waals surface area contributed by atoms with Gasteiger partial charge >= 0.3 is 5.97 Å². The molecule has 0 saturated carbocycles. The number of amides is 1. The Labute approximate surface area is 159 Å². The Bertz CT molecular complexity index is 889. The number of carbonyl (C=O) groups is 2. The molecule has 0 saturated heterocycles. The fourth-order valence-electron chi connectivity index (χ4n) is 2.23. The van der Waals surface area contributed by atoms with Gasteiger partial charge in [0.2, 0.25) is 0 Å². The Kier molecular flexibility index (Phi) is 6.99. The summed E-state index contributed by atoms with van der Waals surface area (Å²) in [4.78, 5) is 34.9. The van der Waals surface area contributed by atoms with Gasteiger partial charge in [-0.05, 0) is 25.1 Å². The zero-order valence-electron chi connectivity index (χ0n) is 14.8. The van der Waals surface area contributed by atoms with Gasteiger partial charge in [0.15, 0.2) is 6.10 Å². The fourth-order valence-corrected chi connectivity index (χ4v) is 2.23. The maximum atomic E-state index is 13.6. The van der Waals surface area contributed by atoms with E-state index in [9.17, 15) is 24.1 Å². The minimum absolute atomic E-state index is 0.0731. The van der Waals surface area contributed by atoms with Gasteiger partial charge in [-0.25, -0.2) is 9.18 Å². The van der Waals surface area contributed by atoms with E-state index in [-0.39, 0.29) is 35.8 Å². The number of halogens is 1. The number of aliphatic hydroxyl groups is 1. The van der Waals surface area contributed by atoms with Gasteiger partial charge in [0.1, 0.15) is 5.82 Å². The largest absolute Gasteiger partial charge is 0.449 e. The van der Waals surface area contributed by atoms with Crippen LogP contribution in [0.5, 0.6) is 0 Å². The lowest BCUT2D eigenvalue weighted by Crippen LogP contribution is -2.30. The number of benzene rings is 2. The van der Waals surface area contributed by atoms with E-state index in [4.69, 9.17) is 9.84 Å². The lowest BCUT2D eigenvalue weighted by molar-refractivity contribution is -0.384. The zero-order valence-corrected chi connectivity index (χ0v) is 14.8. The molecule has 0 aromatic heterocycles. The number of nitrogens with zero attached hydrogens (tertiary/aromatic N) is 1. The number of anilines is 2. The summed E-state index contributed by atoms with van der Waals surface area (Å²) in [5, 5.41) is 24.9. The molecule has 0 aliphatic carbocycles. The summed E-state index contributed by atoms with van der Waals surface area (Å²) in [5.41, 5.74) is -0.388. The first-order valence-corrected chi connectivity index (χ1v) is 8.23. The molecule has 0 fully saturated rings. The van der Waals surface area contributed by atoms with Gasteiger partial charge in [0.25, 0.3) is 11.6 Å². The lowest BCUT2D eigenvalue weighted by Gasteiger charge is -2.16. The van der Waals surface area contributed by atoms with Crippen molar-refractivity contribution in [2.24, 2.45) is 0 Å². The van der Waals surface area contributed by atoms with E-state index in [1.807, 2.05) is 0 Å². The van der Waals surface area contributed by atoms with Crippen LogP contribution in [0.2, 0.25) is 0 Å². The molecule has 0 bridgehead atoms. The van der Waals surface area contributed by atoms with Crippen LogP contribution in [-0.4, -0.2) is 41.2 Å². The molecule has 1 amide bonds. The molecule has 2 aromatic carbocycles. The van der Waals surface area contributed by atoms with E-state index in [0.29, 0.717) is 0 Å². The number of ether oxygens (including phenoxy) is 1. The summed E-state index contributed by atoms with van der Waals surface area (Å²) in [6.07, 6.45) is -1.29. The van der Waals surface area contributed by atoms with Gasteiger partial charge in [-0.3, -0.25) is 14.9 Å². The summed E-state index contributed by atoms with van der Waals surface area (Å²) in [5.74, 6) is -2.40. The summed E-state index contributed by atoms with van der Waals surface area (Å²) in [7, 11) is 0. The number of para-hydroxylation sites is 1. The molecule has 28 heavy (non-hydrogen) atoms. The molecule has 9 nitrogen and oxygen atoms in total. The molecule has 1 atom stereocenters. The molecule has 0 spiro atoms. The third-order valence-electron chi connectivity index (χ3n) is 3.65. The minimum Gasteiger partial charge on any atom is -0.449 e. The first-order chi connectivity index (χ1) is 13.3. The summed E-state index contributed by atoms with van der Waals surface area (Å²) < 4.78 is 18.7. The number of hydrogen-bond donors (Lipinski definition) is 3. The van der Waals surface area contributed by atoms with Crippen molar-refractivity contribution in [3.63, 3.8) is 0 Å². The maximum Gasteiger partial charge on any atom is 0.341 e. The Morgan fingerprint density at radius 2 is 1.96 bits per heavy atom. The average molecular weight is 391 g/mol. The molecule has 10 heteroatoms. The highest BCUT2D eigenvalue weighted by Crippen LogP contribution is 2.23. The number of nitro groups is 1. The highest BCUT2D eigenvalue weighted by molar-refractivity contribution is 6.00. The highest BCUT2D eigenvalue weighted by Gasteiger charge is 2.23. The monoisotopic (exact) mass is 391 g/mol. The topological polar surface area (TPSA) is 131 Å². The Morgan fingerprint density at radius 1 is 1.25 bits per heavy atom. The van der Waals surface area contributed by atoms with Crippen LogP contribution < -0.4 is 10.6 Å². The van der Waals surface area contributed by atoms with Gasteiger partial charge in [-0.15, -0.1) is 0 Å². The number of nitrogens with one attached hydrogen (secondary N) is 2. The Morgan fingerprint density at radius 3 is 2.61 bits per heavy atom. The summed E-state index contributed by atoms with van der Waals surface area (Å²) in [6.45, 7) is 1.15. The molecular formula is C18H18FN3O6. The molecule has 2 rings (SSSR count). The van der Waals surface area contributed by atoms with Crippen LogP contribution in [0.15, 0.2) is 42.5 Å². The van der Waals surface area contributed by atoms with Crippen LogP contribution >= 0.6 is 0 Å². The highest BCUT2D eigenvalue weighted by atomic mass is 19.1. The van der Waals surface area contributed by atoms with Crippen LogP contribution in [0.1, 0.15) is 17.3 Å². The van der Waals surface area contributed by atoms with Crippen molar-refractivity contribution in [3.05, 3.63) is 64.0 Å². The van der Waals surface area contributed by atoms with Crippen LogP contribution in [-0.2, 0) is 9.53 Å². The van der Waals surface area contributed by atoms with Crippen LogP contribution in [0.25, 0.3) is 0 Å². The van der Waals surface area contributed by atoms with Crippen molar-refractivity contribution in [1.82, 2.24) is 0 Å². The predicted octanol–water partition coefficient (Wildman–Crippen LogP) is 2.32. The number of hydrogen-bond acceptors (Lipinski definition) is 7. The fraction of sp³-hybridized carbons (Fsp3) is 0.222. The molecule has 0 heterocycles. The molecule has 0 radical (unpaired) electrons. The number of aliphatic hydroxyl groups excluding tert-OH is 1. The van der Waals surface area contributed by atoms with E-state index < -0.39 is 28.7 Å². The van der Waals surface area contributed by atoms with E-state index in [2.05, 4.69) is 10.6 Å². The second-order valence-corrected chi connectivity index (χ2v) is 5.65. The normalized spacial score (nSPS) is 11.4. The van der Waals surface area contributed by atoms with Crippen molar-refractivity contribution in [1.29, 1.82) is 0 Å². The number of nitro benzene ring substituents is 1. The second kappa shape index (κ2) is 9.42. The van der Waals surface area contributed by atoms with Gasteiger partial charge in [-0.1, -0.05) is 12.1 Å². The zero-order chi connectivity index (χ0) is 20.7. The quantitative estimate of drug-likeness (QED) is 0.357. The number of rotatable bonds is 8. The molecule has 0 aliphatic rings. The van der Waals surface area contributed by atoms with Crippen molar-refractivity contribution >= 4 is 28.9 Å². The third kappa shape index (κ3) is 5.24. The molecule has 2 aromatic rings. The van der Waals surface area contributed by atoms with Crippen molar-refractivity contribution in [2.75, 3.05) is 23.8 Å². The molecule has 0 unspecified atom stereocenters. The van der Waals surface area contributed by atoms with E-state index in [1.165, 1.54) is 37.3 Å². The van der Waals surface area contributed by atoms with Gasteiger partial charge < -0.3 is 20.5 Å². The summed E-state index contributed by atoms with van der Waals surface area (Å²) in [6, 6.07) is 8.98. The van der Waals surface area contributed by atoms with Gasteiger partial charge in [0, 0.05) is 24.4 Å². The first-order valence-electron chi connectivity index (χ1n) is 8.23. The maximum absolute atomic E-state index is 13.6. The molecular weight excluding hydrogens is 373 g/mol. The van der Waals surface area contributed by atoms with E-state index in [0.717, 1.165) is 12.1 Å². The SMILES string of the molecule is C[C@H](OC(=O)c1cc([N+](=O)[O-])ccc1NCCO)C(=O)Nc1ccccc1F. The number of non-ortho nitro benzene ring substituents is 1. The average Bonchev–Trinajstić information content (AvgIpc) is 2.67. The third-order valence-corrected chi connectivity index (χ3v) is 3.65. The first kappa shape index (κ1) is 20.8. The standard InChI is InChI=1S/C18H18FN3O6/c1-11(17(24)21-16-5-3-2-4-14(16)19)28-18(25)13-10-12(22(26)27)6-7-15(13)20-8-9-23/h2-7,10-11,20,23H,8-9H2,1H3,(H,21,24)/t11-/m0/s1. The van der Waals surface area contributed by atoms with Crippen molar-refractivity contribution in [2.45, 2.75) is 13.0 Å². The second-order valence-electron chi connectivity index (χ2n) is 5.65. The number of esters is 1. The smallest absolute Gasteiger partial charge is 0.341 e. The Hall–Kier alpha value is -3.53. The summed E-state index contributed by atoms with van der Waals surface area (Å²) >= 11 is 0. The molecule has 148 valence electrons. The molecule has 3 N–H and O–H groups in total. The Balaban J connectivity index is 2.15. The van der Waals surface area contributed by atoms with Crippen LogP contribution in [0, 0.1) is 15.9 Å². The predicted molar refractivity (Wildman–Crippen MR) is 98.6 cm³/mol. The molecule has 0 aliphatic heterocycles. The van der Waals surface area contributed by atoms with E-state index in [1.54, 1.807) is 0 Å². The van der Waals surface area contributed by atoms with E-state index >= 15 is 0 Å². The number of carbonyl (C=O) groups excluding carboxylic acids is 2. The van der Waals surface area contributed by atoms with Gasteiger partial charge in [0.05, 0.1) is 22.8 Å². The van der Waals surface area contributed by atoms with Crippen LogP contribution in [0.3, 0.4) is 0 Å². The lowest BCUT2D eigenvalue weighted by atomic mass is 10.1. The van der Waals surface area contributed by atoms with Crippen molar-refractivity contribution in [3.8, 4) is 0 Å². The minimum atomic E-state index is -1.29. The van der Waals surface area contributed by atoms with Crippen molar-refractivity contribution < 1.29 is 28.7 Å². The van der Waals surface area contributed by atoms with Gasteiger partial charge in [-0.2, -0.15) is 0 Å². The van der Waals surface area contributed by atoms with Crippen LogP contribution in [0.4, 0.5) is 21.5 Å².